The number of aromatic hydroxyl groups is 1. The molecule has 0 aliphatic rings. The molecule has 1 nitrogen and oxygen atoms in total. The second kappa shape index (κ2) is 10.3. The summed E-state index contributed by atoms with van der Waals surface area (Å²) >= 11 is 0. The van der Waals surface area contributed by atoms with E-state index in [9.17, 15) is 5.11 Å². The van der Waals surface area contributed by atoms with Gasteiger partial charge in [0.25, 0.3) is 0 Å². The molecule has 0 aliphatic carbocycles. The fourth-order valence-corrected chi connectivity index (χ4v) is 6.41. The molecule has 1 heteroatoms. The molecule has 0 spiro atoms. The zero-order valence-electron chi connectivity index (χ0n) is 23.5. The molecule has 8 aromatic carbocycles. The van der Waals surface area contributed by atoms with E-state index in [2.05, 4.69) is 140 Å². The monoisotopic (exact) mass is 548 g/mol. The van der Waals surface area contributed by atoms with Crippen LogP contribution in [0, 0.1) is 0 Å². The first-order chi connectivity index (χ1) is 21.2. The van der Waals surface area contributed by atoms with Crippen molar-refractivity contribution in [3.8, 4) is 50.3 Å². The first kappa shape index (κ1) is 25.1. The molecule has 0 fully saturated rings. The first-order valence-corrected chi connectivity index (χ1v) is 14.7. The van der Waals surface area contributed by atoms with E-state index in [0.29, 0.717) is 0 Å². The van der Waals surface area contributed by atoms with Crippen LogP contribution in [0.1, 0.15) is 0 Å². The fraction of sp³-hybridized carbons (Fsp3) is 0. The van der Waals surface area contributed by atoms with Crippen LogP contribution in [0.15, 0.2) is 164 Å². The van der Waals surface area contributed by atoms with Gasteiger partial charge in [0.15, 0.2) is 0 Å². The van der Waals surface area contributed by atoms with Gasteiger partial charge < -0.3 is 5.11 Å². The number of phenolic OH excluding ortho intramolecular Hbond substituents is 1. The highest BCUT2D eigenvalue weighted by Gasteiger charge is 2.11. The van der Waals surface area contributed by atoms with Gasteiger partial charge in [-0.15, -0.1) is 0 Å². The van der Waals surface area contributed by atoms with Gasteiger partial charge in [-0.05, 0) is 113 Å². The van der Waals surface area contributed by atoms with Crippen molar-refractivity contribution in [2.75, 3.05) is 0 Å². The van der Waals surface area contributed by atoms with Gasteiger partial charge in [-0.1, -0.05) is 127 Å². The van der Waals surface area contributed by atoms with Crippen LogP contribution < -0.4 is 0 Å². The van der Waals surface area contributed by atoms with Gasteiger partial charge in [0.1, 0.15) is 5.75 Å². The Labute approximate surface area is 250 Å². The van der Waals surface area contributed by atoms with Crippen LogP contribution in [-0.2, 0) is 0 Å². The van der Waals surface area contributed by atoms with Gasteiger partial charge in [-0.25, -0.2) is 0 Å². The van der Waals surface area contributed by atoms with Crippen LogP contribution in [0.5, 0.6) is 5.75 Å². The average molecular weight is 549 g/mol. The summed E-state index contributed by atoms with van der Waals surface area (Å²) in [7, 11) is 0. The summed E-state index contributed by atoms with van der Waals surface area (Å²) in [5.74, 6) is 0.276. The van der Waals surface area contributed by atoms with Crippen LogP contribution >= 0.6 is 0 Å². The summed E-state index contributed by atoms with van der Waals surface area (Å²) in [4.78, 5) is 0. The fourth-order valence-electron chi connectivity index (χ4n) is 6.41. The van der Waals surface area contributed by atoms with E-state index < -0.39 is 0 Å². The third-order valence-corrected chi connectivity index (χ3v) is 8.51. The predicted molar refractivity (Wildman–Crippen MR) is 182 cm³/mol. The van der Waals surface area contributed by atoms with Gasteiger partial charge in [0.05, 0.1) is 0 Å². The maximum absolute atomic E-state index is 9.97. The van der Waals surface area contributed by atoms with Crippen LogP contribution in [-0.4, -0.2) is 5.11 Å². The lowest BCUT2D eigenvalue weighted by Gasteiger charge is -2.13. The Morgan fingerprint density at radius 2 is 0.558 bits per heavy atom. The topological polar surface area (TPSA) is 20.2 Å². The van der Waals surface area contributed by atoms with Crippen molar-refractivity contribution in [3.63, 3.8) is 0 Å². The van der Waals surface area contributed by atoms with Crippen molar-refractivity contribution in [2.45, 2.75) is 0 Å². The van der Waals surface area contributed by atoms with Gasteiger partial charge in [-0.2, -0.15) is 0 Å². The summed E-state index contributed by atoms with van der Waals surface area (Å²) in [6.07, 6.45) is 0. The number of rotatable bonds is 4. The Morgan fingerprint density at radius 1 is 0.233 bits per heavy atom. The molecule has 1 N–H and O–H groups in total. The number of hydrogen-bond donors (Lipinski definition) is 1. The zero-order valence-corrected chi connectivity index (χ0v) is 23.5. The normalized spacial score (nSPS) is 11.3. The molecule has 0 bridgehead atoms. The molecule has 8 aromatic rings. The largest absolute Gasteiger partial charge is 0.508 e. The molecule has 0 amide bonds. The smallest absolute Gasteiger partial charge is 0.116 e. The molecule has 8 rings (SSSR count). The molecular weight excluding hydrogens is 520 g/mol. The highest BCUT2D eigenvalue weighted by Crippen LogP contribution is 2.38. The van der Waals surface area contributed by atoms with E-state index in [-0.39, 0.29) is 5.75 Å². The van der Waals surface area contributed by atoms with Gasteiger partial charge >= 0.3 is 0 Å². The molecule has 0 radical (unpaired) electrons. The highest BCUT2D eigenvalue weighted by molar-refractivity contribution is 6.25. The van der Waals surface area contributed by atoms with E-state index in [1.165, 1.54) is 54.6 Å². The molecule has 0 unspecified atom stereocenters. The lowest BCUT2D eigenvalue weighted by molar-refractivity contribution is 0.475. The van der Waals surface area contributed by atoms with E-state index in [4.69, 9.17) is 0 Å². The summed E-state index contributed by atoms with van der Waals surface area (Å²) in [6.45, 7) is 0. The van der Waals surface area contributed by atoms with Gasteiger partial charge in [-0.3, -0.25) is 0 Å². The van der Waals surface area contributed by atoms with Crippen LogP contribution in [0.4, 0.5) is 0 Å². The lowest BCUT2D eigenvalue weighted by Crippen LogP contribution is -1.86. The highest BCUT2D eigenvalue weighted by atomic mass is 16.3. The van der Waals surface area contributed by atoms with Crippen LogP contribution in [0.25, 0.3) is 76.8 Å². The Kier molecular flexibility index (Phi) is 6.02. The molecule has 0 atom stereocenters. The van der Waals surface area contributed by atoms with E-state index in [1.54, 1.807) is 12.1 Å². The lowest BCUT2D eigenvalue weighted by atomic mass is 9.91. The summed E-state index contributed by atoms with van der Waals surface area (Å²) < 4.78 is 0. The minimum Gasteiger partial charge on any atom is -0.508 e. The van der Waals surface area contributed by atoms with Crippen molar-refractivity contribution < 1.29 is 5.11 Å². The molecular formula is C42H28O. The summed E-state index contributed by atoms with van der Waals surface area (Å²) in [5.41, 5.74) is 9.17. The van der Waals surface area contributed by atoms with Crippen molar-refractivity contribution >= 4 is 32.3 Å². The van der Waals surface area contributed by atoms with Crippen molar-refractivity contribution in [2.24, 2.45) is 0 Å². The maximum Gasteiger partial charge on any atom is 0.116 e. The third kappa shape index (κ3) is 4.52. The number of phenols is 1. The van der Waals surface area contributed by atoms with Crippen molar-refractivity contribution in [3.05, 3.63) is 164 Å². The average Bonchev–Trinajstić information content (AvgIpc) is 3.08. The molecule has 0 aliphatic heterocycles. The van der Waals surface area contributed by atoms with Gasteiger partial charge in [0.2, 0.25) is 0 Å². The van der Waals surface area contributed by atoms with Crippen molar-refractivity contribution in [1.82, 2.24) is 0 Å². The minimum atomic E-state index is 0.276. The second-order valence-electron chi connectivity index (χ2n) is 11.1. The predicted octanol–water partition coefficient (Wildman–Crippen LogP) is 11.5. The molecule has 0 saturated carbocycles. The van der Waals surface area contributed by atoms with Gasteiger partial charge in [0, 0.05) is 0 Å². The number of benzene rings is 8. The molecule has 43 heavy (non-hydrogen) atoms. The molecule has 202 valence electrons. The van der Waals surface area contributed by atoms with Crippen LogP contribution in [0.2, 0.25) is 0 Å². The number of hydrogen-bond acceptors (Lipinski definition) is 1. The summed E-state index contributed by atoms with van der Waals surface area (Å²) in [6, 6.07) is 57.8. The summed E-state index contributed by atoms with van der Waals surface area (Å²) in [5, 5.41) is 17.7. The Hall–Kier alpha value is -5.66. The van der Waals surface area contributed by atoms with E-state index >= 15 is 0 Å². The molecule has 0 aromatic heterocycles. The minimum absolute atomic E-state index is 0.276. The molecule has 0 saturated heterocycles. The Bertz CT molecular complexity index is 2280. The Morgan fingerprint density at radius 3 is 0.977 bits per heavy atom. The SMILES string of the molecule is Oc1cccc(-c2cccc(-c3cccc(-c4cccc(-c5ccc6c7ccccc7c7ccccc7c6c5)c4)c3)c2)c1. The van der Waals surface area contributed by atoms with Crippen LogP contribution in [0.3, 0.4) is 0 Å². The maximum atomic E-state index is 9.97. The van der Waals surface area contributed by atoms with Crippen molar-refractivity contribution in [1.29, 1.82) is 0 Å². The van der Waals surface area contributed by atoms with E-state index in [1.807, 2.05) is 12.1 Å². The second-order valence-corrected chi connectivity index (χ2v) is 11.1. The third-order valence-electron chi connectivity index (χ3n) is 8.51. The number of fused-ring (bicyclic) bond motifs is 6. The zero-order chi connectivity index (χ0) is 28.8. The Balaban J connectivity index is 1.20. The van der Waals surface area contributed by atoms with E-state index in [0.717, 1.165) is 22.3 Å². The molecule has 0 heterocycles. The standard InChI is InChI=1S/C42H28O/c43-36-16-8-15-34(26-36)32-13-6-11-30(24-32)28-9-5-10-29(23-28)31-12-7-14-33(25-31)35-21-22-41-39-19-2-1-17-37(39)38-18-3-4-20-40(38)42(41)27-35/h1-27,43H. The first-order valence-electron chi connectivity index (χ1n) is 14.7. The quantitative estimate of drug-likeness (QED) is 0.217.